The zero-order valence-electron chi connectivity index (χ0n) is 11.1. The van der Waals surface area contributed by atoms with E-state index in [1.54, 1.807) is 0 Å². The number of nitrogens with zero attached hydrogens (tertiary/aromatic N) is 1. The molecule has 1 fully saturated rings. The Morgan fingerprint density at radius 3 is 2.44 bits per heavy atom. The van der Waals surface area contributed by atoms with E-state index in [4.69, 9.17) is 11.6 Å². The van der Waals surface area contributed by atoms with Crippen molar-refractivity contribution in [2.45, 2.75) is 50.8 Å². The van der Waals surface area contributed by atoms with E-state index < -0.39 is 0 Å². The molecular weight excluding hydrogens is 246 g/mol. The molecule has 1 atom stereocenters. The smallest absolute Gasteiger partial charge is 0.0541 e. The van der Waals surface area contributed by atoms with Crippen molar-refractivity contribution in [2.24, 2.45) is 0 Å². The molecule has 0 bridgehead atoms. The molecule has 1 aromatic carbocycles. The second-order valence-corrected chi connectivity index (χ2v) is 5.73. The van der Waals surface area contributed by atoms with E-state index in [-0.39, 0.29) is 6.10 Å². The Balaban J connectivity index is 2.05. The van der Waals surface area contributed by atoms with Crippen molar-refractivity contribution in [1.29, 1.82) is 0 Å². The lowest BCUT2D eigenvalue weighted by atomic mass is 9.91. The van der Waals surface area contributed by atoms with E-state index in [0.717, 1.165) is 30.7 Å². The molecule has 0 spiro atoms. The van der Waals surface area contributed by atoms with Gasteiger partial charge in [-0.3, -0.25) is 4.90 Å². The van der Waals surface area contributed by atoms with Crippen molar-refractivity contribution >= 4 is 11.6 Å². The average Bonchev–Trinajstić information content (AvgIpc) is 2.38. The van der Waals surface area contributed by atoms with Crippen LogP contribution in [0.25, 0.3) is 0 Å². The summed E-state index contributed by atoms with van der Waals surface area (Å²) in [4.78, 5) is 2.40. The Morgan fingerprint density at radius 1 is 1.22 bits per heavy atom. The third kappa shape index (κ3) is 3.05. The van der Waals surface area contributed by atoms with Crippen molar-refractivity contribution in [3.8, 4) is 0 Å². The van der Waals surface area contributed by atoms with Crippen LogP contribution in [0.2, 0.25) is 5.02 Å². The number of hydrogen-bond acceptors (Lipinski definition) is 2. The minimum atomic E-state index is -0.0923. The van der Waals surface area contributed by atoms with Crippen LogP contribution in [-0.4, -0.2) is 29.2 Å². The first-order valence-corrected chi connectivity index (χ1v) is 7.12. The summed E-state index contributed by atoms with van der Waals surface area (Å²) in [5, 5.41) is 10.4. The van der Waals surface area contributed by atoms with Gasteiger partial charge in [0, 0.05) is 17.1 Å². The molecule has 1 aliphatic rings. The molecule has 18 heavy (non-hydrogen) atoms. The molecule has 0 saturated heterocycles. The fourth-order valence-electron chi connectivity index (χ4n) is 2.82. The molecular formula is C15H22ClNO. The summed E-state index contributed by atoms with van der Waals surface area (Å²) in [6.45, 7) is 2.20. The number of hydrogen-bond donors (Lipinski definition) is 1. The van der Waals surface area contributed by atoms with Crippen LogP contribution in [0, 0.1) is 0 Å². The summed E-state index contributed by atoms with van der Waals surface area (Å²) < 4.78 is 0. The number of halogens is 1. The van der Waals surface area contributed by atoms with Gasteiger partial charge in [0.15, 0.2) is 0 Å². The predicted octanol–water partition coefficient (Wildman–Crippen LogP) is 3.64. The first kappa shape index (κ1) is 13.9. The Hall–Kier alpha value is -0.570. The molecule has 1 aliphatic carbocycles. The molecule has 2 rings (SSSR count). The van der Waals surface area contributed by atoms with Crippen molar-refractivity contribution in [3.05, 3.63) is 34.9 Å². The van der Waals surface area contributed by atoms with Gasteiger partial charge in [-0.1, -0.05) is 29.8 Å². The van der Waals surface area contributed by atoms with Gasteiger partial charge < -0.3 is 5.11 Å². The Labute approximate surface area is 115 Å². The highest BCUT2D eigenvalue weighted by Gasteiger charge is 2.26. The summed E-state index contributed by atoms with van der Waals surface area (Å²) in [5.74, 6) is 0. The lowest BCUT2D eigenvalue weighted by molar-refractivity contribution is 0.0699. The monoisotopic (exact) mass is 267 g/mol. The fourth-order valence-corrected chi connectivity index (χ4v) is 3.11. The van der Waals surface area contributed by atoms with Gasteiger partial charge in [0.05, 0.1) is 6.10 Å². The Morgan fingerprint density at radius 2 is 1.83 bits per heavy atom. The number of aliphatic hydroxyl groups is 1. The van der Waals surface area contributed by atoms with Gasteiger partial charge in [0.2, 0.25) is 0 Å². The maximum absolute atomic E-state index is 9.57. The predicted molar refractivity (Wildman–Crippen MR) is 75.9 cm³/mol. The van der Waals surface area contributed by atoms with Crippen molar-refractivity contribution in [2.75, 3.05) is 7.05 Å². The lowest BCUT2D eigenvalue weighted by Gasteiger charge is -2.37. The van der Waals surface area contributed by atoms with E-state index >= 15 is 0 Å². The molecule has 1 unspecified atom stereocenters. The van der Waals surface area contributed by atoms with Gasteiger partial charge >= 0.3 is 0 Å². The van der Waals surface area contributed by atoms with Crippen LogP contribution in [0.3, 0.4) is 0 Å². The quantitative estimate of drug-likeness (QED) is 0.904. The summed E-state index contributed by atoms with van der Waals surface area (Å²) in [7, 11) is 2.16. The highest BCUT2D eigenvalue weighted by Crippen LogP contribution is 2.31. The third-order valence-corrected chi connectivity index (χ3v) is 4.55. The Bertz CT molecular complexity index is 388. The summed E-state index contributed by atoms with van der Waals surface area (Å²) in [5.41, 5.74) is 1.19. The van der Waals surface area contributed by atoms with Gasteiger partial charge in [-0.15, -0.1) is 0 Å². The molecule has 100 valence electrons. The number of benzene rings is 1. The molecule has 0 heterocycles. The molecule has 1 N–H and O–H groups in total. The van der Waals surface area contributed by atoms with E-state index in [2.05, 4.69) is 24.9 Å². The van der Waals surface area contributed by atoms with Crippen LogP contribution >= 0.6 is 11.6 Å². The maximum Gasteiger partial charge on any atom is 0.0541 e. The van der Waals surface area contributed by atoms with E-state index in [9.17, 15) is 5.11 Å². The third-order valence-electron chi connectivity index (χ3n) is 4.21. The molecule has 0 amide bonds. The fraction of sp³-hybridized carbons (Fsp3) is 0.600. The normalized spacial score (nSPS) is 26.3. The highest BCUT2D eigenvalue weighted by molar-refractivity contribution is 6.31. The zero-order valence-corrected chi connectivity index (χ0v) is 11.9. The SMILES string of the molecule is CC(c1ccccc1Cl)N(C)C1CCC(O)CC1. The van der Waals surface area contributed by atoms with Crippen LogP contribution in [0.1, 0.15) is 44.2 Å². The lowest BCUT2D eigenvalue weighted by Crippen LogP contribution is -2.38. The van der Waals surface area contributed by atoms with Crippen molar-refractivity contribution in [3.63, 3.8) is 0 Å². The summed E-state index contributed by atoms with van der Waals surface area (Å²) in [6, 6.07) is 8.93. The van der Waals surface area contributed by atoms with Crippen LogP contribution in [0.4, 0.5) is 0 Å². The molecule has 3 heteroatoms. The summed E-state index contributed by atoms with van der Waals surface area (Å²) in [6.07, 6.45) is 3.90. The van der Waals surface area contributed by atoms with Crippen LogP contribution in [0.15, 0.2) is 24.3 Å². The largest absolute Gasteiger partial charge is 0.393 e. The molecule has 0 radical (unpaired) electrons. The summed E-state index contributed by atoms with van der Waals surface area (Å²) >= 11 is 6.26. The van der Waals surface area contributed by atoms with E-state index in [1.807, 2.05) is 18.2 Å². The van der Waals surface area contributed by atoms with Crippen LogP contribution in [-0.2, 0) is 0 Å². The average molecular weight is 268 g/mol. The minimum Gasteiger partial charge on any atom is -0.393 e. The van der Waals surface area contributed by atoms with Crippen molar-refractivity contribution < 1.29 is 5.11 Å². The topological polar surface area (TPSA) is 23.5 Å². The Kier molecular flexibility index (Phi) is 4.66. The molecule has 0 aromatic heterocycles. The van der Waals surface area contributed by atoms with Gasteiger partial charge in [-0.05, 0) is 51.3 Å². The molecule has 1 saturated carbocycles. The standard InChI is InChI=1S/C15H22ClNO/c1-11(14-5-3-4-6-15(14)16)17(2)12-7-9-13(18)10-8-12/h3-6,11-13,18H,7-10H2,1-2H3. The van der Waals surface area contributed by atoms with E-state index in [1.165, 1.54) is 5.56 Å². The zero-order chi connectivity index (χ0) is 13.1. The minimum absolute atomic E-state index is 0.0923. The second kappa shape index (κ2) is 6.05. The first-order valence-electron chi connectivity index (χ1n) is 6.74. The van der Waals surface area contributed by atoms with Crippen LogP contribution < -0.4 is 0 Å². The maximum atomic E-state index is 9.57. The van der Waals surface area contributed by atoms with Gasteiger partial charge in [-0.2, -0.15) is 0 Å². The molecule has 0 aliphatic heterocycles. The van der Waals surface area contributed by atoms with Gasteiger partial charge in [-0.25, -0.2) is 0 Å². The second-order valence-electron chi connectivity index (χ2n) is 5.33. The number of aliphatic hydroxyl groups excluding tert-OH is 1. The van der Waals surface area contributed by atoms with Crippen molar-refractivity contribution in [1.82, 2.24) is 4.90 Å². The van der Waals surface area contributed by atoms with Gasteiger partial charge in [0.1, 0.15) is 0 Å². The molecule has 2 nitrogen and oxygen atoms in total. The molecule has 1 aromatic rings. The number of rotatable bonds is 3. The van der Waals surface area contributed by atoms with Crippen LogP contribution in [0.5, 0.6) is 0 Å². The first-order chi connectivity index (χ1) is 8.59. The highest BCUT2D eigenvalue weighted by atomic mass is 35.5. The van der Waals surface area contributed by atoms with Gasteiger partial charge in [0.25, 0.3) is 0 Å². The van der Waals surface area contributed by atoms with E-state index in [0.29, 0.717) is 12.1 Å².